The lowest BCUT2D eigenvalue weighted by Crippen LogP contribution is -2.60. The van der Waals surface area contributed by atoms with Crippen molar-refractivity contribution < 1.29 is 72.9 Å². The van der Waals surface area contributed by atoms with Crippen LogP contribution < -0.4 is 106 Å². The number of guanidine groups is 4. The Kier molecular flexibility index (Phi) is 40.4. The Hall–Kier alpha value is -9.44. The molecule has 0 saturated carbocycles. The highest BCUT2D eigenvalue weighted by Crippen LogP contribution is 2.20. The highest BCUT2D eigenvalue weighted by Gasteiger charge is 2.40. The topological polar surface area (TPSA) is 704 Å². The maximum atomic E-state index is 14.4. The van der Waals surface area contributed by atoms with Crippen LogP contribution >= 0.6 is 0 Å². The van der Waals surface area contributed by atoms with E-state index in [1.165, 1.54) is 25.8 Å². The van der Waals surface area contributed by atoms with E-state index in [0.717, 1.165) is 4.90 Å². The Morgan fingerprint density at radius 1 is 0.469 bits per heavy atom. The van der Waals surface area contributed by atoms with E-state index in [2.05, 4.69) is 62.5 Å². The van der Waals surface area contributed by atoms with Crippen LogP contribution in [0.25, 0.3) is 0 Å². The van der Waals surface area contributed by atoms with Crippen LogP contribution in [-0.2, 0) is 57.5 Å². The summed E-state index contributed by atoms with van der Waals surface area (Å²) >= 11 is 0. The lowest BCUT2D eigenvalue weighted by molar-refractivity contribution is -0.145. The number of aliphatic carboxylic acids is 2. The van der Waals surface area contributed by atoms with Crippen LogP contribution in [0, 0.1) is 0 Å². The molecule has 10 amide bonds. The van der Waals surface area contributed by atoms with Gasteiger partial charge in [0, 0.05) is 46.2 Å². The number of carboxylic acids is 2. The Labute approximate surface area is 556 Å². The van der Waals surface area contributed by atoms with E-state index in [0.29, 0.717) is 25.7 Å². The van der Waals surface area contributed by atoms with E-state index in [-0.39, 0.29) is 147 Å². The molecule has 0 unspecified atom stereocenters. The summed E-state index contributed by atoms with van der Waals surface area (Å²) in [5, 5.41) is 49.6. The minimum Gasteiger partial charge on any atom is -0.481 e. The Balaban J connectivity index is 3.69. The molecular weight excluding hydrogens is 1260 g/mol. The predicted octanol–water partition coefficient (Wildman–Crippen LogP) is -9.54. The minimum absolute atomic E-state index is 0.00556. The molecule has 0 aliphatic carbocycles. The van der Waals surface area contributed by atoms with Gasteiger partial charge in [-0.2, -0.15) is 0 Å². The van der Waals surface area contributed by atoms with Crippen molar-refractivity contribution in [1.82, 2.24) is 52.3 Å². The molecule has 1 heterocycles. The quantitative estimate of drug-likeness (QED) is 0.0153. The number of aliphatic hydroxyl groups excluding tert-OH is 1. The minimum atomic E-state index is -1.70. The first-order chi connectivity index (χ1) is 45.2. The zero-order valence-corrected chi connectivity index (χ0v) is 55.0. The second kappa shape index (κ2) is 45.8. The normalized spacial score (nSPS) is 15.6. The lowest BCUT2D eigenvalue weighted by Gasteiger charge is -2.29. The molecule has 0 aromatic rings. The molecule has 1 rings (SSSR count). The predicted molar refractivity (Wildman–Crippen MR) is 353 cm³/mol. The maximum Gasteiger partial charge on any atom is 0.323 e. The van der Waals surface area contributed by atoms with Crippen LogP contribution in [0.4, 0.5) is 0 Å². The van der Waals surface area contributed by atoms with Gasteiger partial charge in [0.15, 0.2) is 23.8 Å². The van der Waals surface area contributed by atoms with Gasteiger partial charge in [0.2, 0.25) is 59.1 Å². The number of hydrogen-bond donors (Lipinski definition) is 22. The number of nitrogens with zero attached hydrogens (tertiary/aromatic N) is 6. The number of aliphatic imine (C=N–C) groups is 4. The van der Waals surface area contributed by atoms with Crippen molar-refractivity contribution in [2.24, 2.45) is 83.0 Å². The Morgan fingerprint density at radius 3 is 1.16 bits per heavy atom. The summed E-state index contributed by atoms with van der Waals surface area (Å²) in [6.07, 6.45) is -0.915. The van der Waals surface area contributed by atoms with Crippen LogP contribution in [-0.4, -0.2) is 246 Å². The summed E-state index contributed by atoms with van der Waals surface area (Å²) in [6.45, 7) is 2.30. The van der Waals surface area contributed by atoms with Crippen LogP contribution in [0.3, 0.4) is 0 Å². The fourth-order valence-electron chi connectivity index (χ4n) is 9.69. The third-order valence-corrected chi connectivity index (χ3v) is 14.9. The van der Waals surface area contributed by atoms with Crippen molar-refractivity contribution in [3.63, 3.8) is 0 Å². The number of carbonyl (C=O) groups is 12. The molecule has 0 radical (unpaired) electrons. The molecule has 0 aromatic carbocycles. The number of aliphatic hydroxyl groups is 1. The highest BCUT2D eigenvalue weighted by atomic mass is 16.4. The highest BCUT2D eigenvalue weighted by molar-refractivity contribution is 5.99. The van der Waals surface area contributed by atoms with Gasteiger partial charge in [-0.3, -0.25) is 77.5 Å². The number of rotatable bonds is 48. The van der Waals surface area contributed by atoms with Crippen molar-refractivity contribution in [1.29, 1.82) is 0 Å². The lowest BCUT2D eigenvalue weighted by atomic mass is 10.0. The molecule has 1 fully saturated rings. The zero-order chi connectivity index (χ0) is 72.6. The number of likely N-dealkylation sites (N-methyl/N-ethyl adjacent to an activating group) is 1. The molecular formula is C56H105N25O15. The SMILES string of the molecule is C[C@H](NC(=O)[C@H](CCCN=C(N)N)NC(=O)[C@H](CCC(=O)O)NC(=O)[C@H](CCCN=C(N)N)NC(=O)[C@@H]1CCCN1C(=O)[C@@H](N)[C@@H](C)O)C(=O)N[C@@H](CCCN=C(N)N)C(=O)N[C@@H](CCCCN)C(=O)N[C@@H](CCCCN)C(=O)N[C@@H](CCCN=C(N)N)C(=O)N(C)CC(=O)O. The first-order valence-corrected chi connectivity index (χ1v) is 31.7. The van der Waals surface area contributed by atoms with Gasteiger partial charge in [0.25, 0.3) is 0 Å². The fraction of sp³-hybridized carbons (Fsp3) is 0.714. The van der Waals surface area contributed by atoms with Crippen molar-refractivity contribution in [2.75, 3.05) is 59.4 Å². The molecule has 1 aliphatic rings. The van der Waals surface area contributed by atoms with Gasteiger partial charge < -0.3 is 131 Å². The summed E-state index contributed by atoms with van der Waals surface area (Å²) in [5.41, 5.74) is 61.4. The number of likely N-dealkylation sites (tertiary alicyclic amines) is 1. The molecule has 40 nitrogen and oxygen atoms in total. The monoisotopic (exact) mass is 1370 g/mol. The van der Waals surface area contributed by atoms with Gasteiger partial charge in [-0.1, -0.05) is 0 Å². The summed E-state index contributed by atoms with van der Waals surface area (Å²) in [4.78, 5) is 182. The third kappa shape index (κ3) is 34.1. The average Bonchev–Trinajstić information content (AvgIpc) is 1.69. The Bertz CT molecular complexity index is 2690. The molecule has 0 bridgehead atoms. The van der Waals surface area contributed by atoms with Crippen molar-refractivity contribution in [3.8, 4) is 0 Å². The van der Waals surface area contributed by atoms with Crippen molar-refractivity contribution in [2.45, 2.75) is 196 Å². The summed E-state index contributed by atoms with van der Waals surface area (Å²) in [7, 11) is 1.23. The number of hydrogen-bond acceptors (Lipinski definition) is 20. The molecule has 0 spiro atoms. The second-order valence-electron chi connectivity index (χ2n) is 23.0. The van der Waals surface area contributed by atoms with Crippen LogP contribution in [0.2, 0.25) is 0 Å². The van der Waals surface area contributed by atoms with Crippen LogP contribution in [0.15, 0.2) is 20.0 Å². The van der Waals surface area contributed by atoms with Crippen molar-refractivity contribution in [3.05, 3.63) is 0 Å². The van der Waals surface area contributed by atoms with E-state index in [1.54, 1.807) is 0 Å². The zero-order valence-electron chi connectivity index (χ0n) is 55.0. The van der Waals surface area contributed by atoms with E-state index in [1.807, 2.05) is 0 Å². The molecule has 96 heavy (non-hydrogen) atoms. The molecule has 1 saturated heterocycles. The second-order valence-corrected chi connectivity index (χ2v) is 23.0. The smallest absolute Gasteiger partial charge is 0.323 e. The fourth-order valence-corrected chi connectivity index (χ4v) is 9.69. The summed E-state index contributed by atoms with van der Waals surface area (Å²) in [5.74, 6) is -12.7. The number of nitrogens with one attached hydrogen (secondary N) is 8. The number of amides is 10. The molecule has 0 aromatic heterocycles. The van der Waals surface area contributed by atoms with Gasteiger partial charge in [-0.15, -0.1) is 0 Å². The van der Waals surface area contributed by atoms with Gasteiger partial charge in [0.05, 0.1) is 6.10 Å². The van der Waals surface area contributed by atoms with Crippen LogP contribution in [0.1, 0.15) is 129 Å². The van der Waals surface area contributed by atoms with Gasteiger partial charge in [-0.05, 0) is 136 Å². The van der Waals surface area contributed by atoms with Crippen molar-refractivity contribution >= 4 is 94.8 Å². The standard InChI is InChI=1S/C56H105N25O15/c1-30(72-44(88)34(15-8-24-68-53(60)61)76-49(93)37(20-21-40(83)84)77-47(91)36(17-10-26-70-55(64)65)78-50(94)39-19-12-28-81(39)52(96)42(59)31(2)82)43(87)73-35(16-9-25-69-54(62)63)46(90)74-32(13-4-6-22-57)45(89)75-33(14-5-7-23-58)48(92)79-38(18-11-27-71-56(66)67)51(95)80(3)29-41(85)86/h30-39,42,82H,4-29,57-59H2,1-3H3,(H,72,88)(H,73,87)(H,74,90)(H,75,89)(H,76,93)(H,77,91)(H,78,94)(H,79,92)(H,83,84)(H,85,86)(H4,60,61,68)(H4,62,63,69)(H4,64,65,70)(H4,66,67,71)/t30-,31+,32-,33-,34-,35-,36-,37-,38-,39-,42-/m0/s1. The molecule has 544 valence electrons. The van der Waals surface area contributed by atoms with E-state index < -0.39 is 157 Å². The molecule has 40 heteroatoms. The largest absolute Gasteiger partial charge is 0.481 e. The third-order valence-electron chi connectivity index (χ3n) is 14.9. The summed E-state index contributed by atoms with van der Waals surface area (Å²) in [6, 6.07) is -14.2. The molecule has 33 N–H and O–H groups in total. The first-order valence-electron chi connectivity index (χ1n) is 31.7. The van der Waals surface area contributed by atoms with Gasteiger partial charge in [0.1, 0.15) is 67.0 Å². The summed E-state index contributed by atoms with van der Waals surface area (Å²) < 4.78 is 0. The van der Waals surface area contributed by atoms with Gasteiger partial charge >= 0.3 is 11.9 Å². The number of carbonyl (C=O) groups excluding carboxylic acids is 10. The van der Waals surface area contributed by atoms with E-state index >= 15 is 0 Å². The van der Waals surface area contributed by atoms with Gasteiger partial charge in [-0.25, -0.2) is 0 Å². The number of nitrogens with two attached hydrogens (primary N) is 11. The first kappa shape index (κ1) is 84.6. The number of carboxylic acid groups (broad SMARTS) is 2. The Morgan fingerprint density at radius 2 is 0.802 bits per heavy atom. The molecule has 11 atom stereocenters. The number of unbranched alkanes of at least 4 members (excludes halogenated alkanes) is 2. The van der Waals surface area contributed by atoms with E-state index in [4.69, 9.17) is 63.1 Å². The average molecular weight is 1370 g/mol. The van der Waals surface area contributed by atoms with Crippen LogP contribution in [0.5, 0.6) is 0 Å². The van der Waals surface area contributed by atoms with E-state index in [9.17, 15) is 72.9 Å². The molecule has 1 aliphatic heterocycles. The maximum absolute atomic E-state index is 14.4.